The van der Waals surface area contributed by atoms with Gasteiger partial charge in [0.15, 0.2) is 5.71 Å². The van der Waals surface area contributed by atoms with E-state index >= 15 is 0 Å². The molecule has 1 heterocycles. The van der Waals surface area contributed by atoms with Crippen LogP contribution in [0.5, 0.6) is 5.75 Å². The fourth-order valence-corrected chi connectivity index (χ4v) is 4.49. The molecule has 4 aromatic rings. The number of benzene rings is 4. The second-order valence-corrected chi connectivity index (χ2v) is 9.04. The number of para-hydroxylation sites is 1. The Kier molecular flexibility index (Phi) is 5.97. The van der Waals surface area contributed by atoms with E-state index in [0.717, 1.165) is 28.1 Å². The summed E-state index contributed by atoms with van der Waals surface area (Å²) in [6.07, 6.45) is 0. The first kappa shape index (κ1) is 23.8. The van der Waals surface area contributed by atoms with Gasteiger partial charge in [0, 0.05) is 11.1 Å². The summed E-state index contributed by atoms with van der Waals surface area (Å²) in [7, 11) is 0. The second kappa shape index (κ2) is 9.28. The predicted octanol–water partition coefficient (Wildman–Crippen LogP) is 6.18. The van der Waals surface area contributed by atoms with Gasteiger partial charge in [0.05, 0.1) is 22.6 Å². The Morgan fingerprint density at radius 3 is 2.41 bits per heavy atom. The number of aryl methyl sites for hydroxylation is 2. The minimum absolute atomic E-state index is 0.101. The Hall–Kier alpha value is -4.91. The Bertz CT molecular complexity index is 1610. The number of hydrogen-bond donors (Lipinski definition) is 3. The van der Waals surface area contributed by atoms with Gasteiger partial charge in [0.1, 0.15) is 5.75 Å². The predicted molar refractivity (Wildman–Crippen MR) is 145 cm³/mol. The first-order chi connectivity index (χ1) is 17.8. The Morgan fingerprint density at radius 2 is 1.62 bits per heavy atom. The summed E-state index contributed by atoms with van der Waals surface area (Å²) in [6.45, 7) is 5.95. The normalized spacial score (nSPS) is 13.6. The number of nitrogens with zero attached hydrogens (tertiary/aromatic N) is 2. The zero-order chi connectivity index (χ0) is 26.3. The van der Waals surface area contributed by atoms with E-state index in [-0.39, 0.29) is 28.6 Å². The number of carboxylic acid groups (broad SMARTS) is 1. The Morgan fingerprint density at radius 1 is 0.865 bits per heavy atom. The van der Waals surface area contributed by atoms with Crippen LogP contribution in [0.4, 0.5) is 17.1 Å². The lowest BCUT2D eigenvalue weighted by Crippen LogP contribution is -2.26. The van der Waals surface area contributed by atoms with Gasteiger partial charge >= 0.3 is 5.97 Å². The van der Waals surface area contributed by atoms with E-state index in [0.29, 0.717) is 16.7 Å². The maximum Gasteiger partial charge on any atom is 0.335 e. The SMILES string of the molecule is Cc1ccc2c(c1)C(=NNc1cccc(-c3cccc(C(=O)O)c3)c1O)C(=O)N2c1cccc(C)c1C. The van der Waals surface area contributed by atoms with Crippen molar-refractivity contribution in [2.75, 3.05) is 10.3 Å². The molecule has 0 spiro atoms. The van der Waals surface area contributed by atoms with Crippen LogP contribution in [0.2, 0.25) is 0 Å². The van der Waals surface area contributed by atoms with Gasteiger partial charge in [-0.1, -0.05) is 48.0 Å². The van der Waals surface area contributed by atoms with Crippen molar-refractivity contribution in [3.63, 3.8) is 0 Å². The molecule has 37 heavy (non-hydrogen) atoms. The van der Waals surface area contributed by atoms with Gasteiger partial charge in [-0.3, -0.25) is 15.1 Å². The largest absolute Gasteiger partial charge is 0.505 e. The van der Waals surface area contributed by atoms with Crippen molar-refractivity contribution in [1.82, 2.24) is 0 Å². The van der Waals surface area contributed by atoms with Crippen molar-refractivity contribution in [3.8, 4) is 16.9 Å². The topological polar surface area (TPSA) is 102 Å². The number of phenols is 1. The van der Waals surface area contributed by atoms with Crippen LogP contribution in [0.3, 0.4) is 0 Å². The molecule has 7 heteroatoms. The van der Waals surface area contributed by atoms with Crippen LogP contribution >= 0.6 is 0 Å². The number of phenolic OH excluding ortho intramolecular Hbond substituents is 1. The average molecular weight is 492 g/mol. The van der Waals surface area contributed by atoms with E-state index in [9.17, 15) is 19.8 Å². The summed E-state index contributed by atoms with van der Waals surface area (Å²) in [6, 6.07) is 23.0. The number of hydrazone groups is 1. The highest BCUT2D eigenvalue weighted by Gasteiger charge is 2.36. The van der Waals surface area contributed by atoms with Crippen LogP contribution in [0.25, 0.3) is 11.1 Å². The molecule has 0 unspecified atom stereocenters. The zero-order valence-electron chi connectivity index (χ0n) is 20.6. The fourth-order valence-electron chi connectivity index (χ4n) is 4.49. The third kappa shape index (κ3) is 4.21. The Balaban J connectivity index is 1.55. The van der Waals surface area contributed by atoms with Crippen LogP contribution < -0.4 is 10.3 Å². The number of fused-ring (bicyclic) bond motifs is 1. The number of carbonyl (C=O) groups excluding carboxylic acids is 1. The summed E-state index contributed by atoms with van der Waals surface area (Å²) < 4.78 is 0. The van der Waals surface area contributed by atoms with Gasteiger partial charge in [-0.15, -0.1) is 0 Å². The van der Waals surface area contributed by atoms with E-state index in [2.05, 4.69) is 10.5 Å². The maximum atomic E-state index is 13.7. The number of rotatable bonds is 5. The molecule has 0 fully saturated rings. The van der Waals surface area contributed by atoms with Crippen LogP contribution in [0.1, 0.15) is 32.6 Å². The molecule has 0 bridgehead atoms. The fraction of sp³-hybridized carbons (Fsp3) is 0.100. The van der Waals surface area contributed by atoms with Gasteiger partial charge in [0.25, 0.3) is 5.91 Å². The van der Waals surface area contributed by atoms with Crippen LogP contribution in [-0.4, -0.2) is 27.8 Å². The van der Waals surface area contributed by atoms with Crippen molar-refractivity contribution >= 4 is 34.7 Å². The molecular weight excluding hydrogens is 466 g/mol. The molecule has 1 aliphatic heterocycles. The number of nitrogens with one attached hydrogen (secondary N) is 1. The monoisotopic (exact) mass is 491 g/mol. The summed E-state index contributed by atoms with van der Waals surface area (Å²) in [5.41, 5.74) is 9.81. The van der Waals surface area contributed by atoms with Crippen LogP contribution in [0.15, 0.2) is 84.0 Å². The summed E-state index contributed by atoms with van der Waals surface area (Å²) in [5.74, 6) is -1.42. The van der Waals surface area contributed by atoms with Gasteiger partial charge in [-0.25, -0.2) is 4.79 Å². The van der Waals surface area contributed by atoms with Crippen molar-refractivity contribution in [3.05, 3.63) is 107 Å². The molecule has 184 valence electrons. The molecule has 0 saturated carbocycles. The van der Waals surface area contributed by atoms with Gasteiger partial charge < -0.3 is 10.2 Å². The maximum absolute atomic E-state index is 13.7. The van der Waals surface area contributed by atoms with Crippen LogP contribution in [0, 0.1) is 20.8 Å². The lowest BCUT2D eigenvalue weighted by atomic mass is 10.0. The van der Waals surface area contributed by atoms with Gasteiger partial charge in [0.2, 0.25) is 0 Å². The van der Waals surface area contributed by atoms with Crippen molar-refractivity contribution in [2.24, 2.45) is 5.10 Å². The molecule has 5 rings (SSSR count). The molecule has 0 aromatic heterocycles. The average Bonchev–Trinajstić information content (AvgIpc) is 3.15. The highest BCUT2D eigenvalue weighted by atomic mass is 16.4. The summed E-state index contributed by atoms with van der Waals surface area (Å²) in [5, 5.41) is 24.7. The lowest BCUT2D eigenvalue weighted by Gasteiger charge is -2.20. The second-order valence-electron chi connectivity index (χ2n) is 9.04. The smallest absolute Gasteiger partial charge is 0.335 e. The lowest BCUT2D eigenvalue weighted by molar-refractivity contribution is -0.111. The van der Waals surface area contributed by atoms with Crippen molar-refractivity contribution in [2.45, 2.75) is 20.8 Å². The van der Waals surface area contributed by atoms with E-state index in [4.69, 9.17) is 0 Å². The third-order valence-corrected chi connectivity index (χ3v) is 6.62. The molecule has 4 aromatic carbocycles. The van der Waals surface area contributed by atoms with E-state index in [1.807, 2.05) is 57.2 Å². The highest BCUT2D eigenvalue weighted by Crippen LogP contribution is 2.39. The van der Waals surface area contributed by atoms with Gasteiger partial charge in [-0.05, 0) is 73.9 Å². The van der Waals surface area contributed by atoms with E-state index in [1.54, 1.807) is 35.2 Å². The first-order valence-electron chi connectivity index (χ1n) is 11.8. The minimum Gasteiger partial charge on any atom is -0.505 e. The first-order valence-corrected chi connectivity index (χ1v) is 11.8. The quantitative estimate of drug-likeness (QED) is 0.229. The number of anilines is 3. The number of amides is 1. The molecule has 1 aliphatic rings. The molecule has 7 nitrogen and oxygen atoms in total. The zero-order valence-corrected chi connectivity index (χ0v) is 20.6. The summed E-state index contributed by atoms with van der Waals surface area (Å²) >= 11 is 0. The number of hydrogen-bond acceptors (Lipinski definition) is 5. The third-order valence-electron chi connectivity index (χ3n) is 6.62. The standard InChI is InChI=1S/C30H25N3O4/c1-17-13-14-26-23(15-17)27(29(35)33(26)25-12-4-7-18(2)19(25)3)32-31-24-11-6-10-22(28(24)34)20-8-5-9-21(16-20)30(36)37/h4-16,31,34H,1-3H3,(H,36,37). The number of aromatic hydroxyl groups is 1. The number of aromatic carboxylic acids is 1. The summed E-state index contributed by atoms with van der Waals surface area (Å²) in [4.78, 5) is 26.7. The minimum atomic E-state index is -1.05. The van der Waals surface area contributed by atoms with Crippen molar-refractivity contribution < 1.29 is 19.8 Å². The van der Waals surface area contributed by atoms with Crippen molar-refractivity contribution in [1.29, 1.82) is 0 Å². The number of carboxylic acids is 1. The highest BCUT2D eigenvalue weighted by molar-refractivity contribution is 6.55. The number of carbonyl (C=O) groups is 2. The molecular formula is C30H25N3O4. The molecule has 0 atom stereocenters. The van der Waals surface area contributed by atoms with E-state index in [1.165, 1.54) is 12.1 Å². The van der Waals surface area contributed by atoms with Crippen LogP contribution in [-0.2, 0) is 4.79 Å². The molecule has 1 amide bonds. The Labute approximate surface area is 214 Å². The molecule has 0 saturated heterocycles. The molecule has 0 aliphatic carbocycles. The van der Waals surface area contributed by atoms with E-state index < -0.39 is 5.97 Å². The molecule has 3 N–H and O–H groups in total. The van der Waals surface area contributed by atoms with Gasteiger partial charge in [-0.2, -0.15) is 5.10 Å². The molecule has 0 radical (unpaired) electrons.